The molecule has 6 heteroatoms. The molecule has 0 aliphatic carbocycles. The molecule has 2 aliphatic rings. The normalized spacial score (nSPS) is 33.9. The maximum atomic E-state index is 12.6. The highest BCUT2D eigenvalue weighted by molar-refractivity contribution is 5.83. The van der Waals surface area contributed by atoms with Crippen molar-refractivity contribution in [2.24, 2.45) is 11.8 Å². The van der Waals surface area contributed by atoms with E-state index < -0.39 is 11.9 Å². The Labute approximate surface area is 119 Å². The van der Waals surface area contributed by atoms with E-state index in [1.807, 2.05) is 6.92 Å². The molecule has 4 unspecified atom stereocenters. The first kappa shape index (κ1) is 15.3. The van der Waals surface area contributed by atoms with Crippen molar-refractivity contribution in [1.29, 1.82) is 0 Å². The molecule has 114 valence electrons. The molecule has 2 rings (SSSR count). The van der Waals surface area contributed by atoms with Crippen molar-refractivity contribution in [2.75, 3.05) is 26.3 Å². The van der Waals surface area contributed by atoms with Crippen LogP contribution in [0.3, 0.4) is 0 Å². The van der Waals surface area contributed by atoms with Gasteiger partial charge in [0, 0.05) is 6.54 Å². The number of piperidine rings is 1. The van der Waals surface area contributed by atoms with Gasteiger partial charge >= 0.3 is 5.97 Å². The zero-order chi connectivity index (χ0) is 14.7. The van der Waals surface area contributed by atoms with Crippen LogP contribution in [0.2, 0.25) is 0 Å². The molecule has 0 saturated carbocycles. The molecule has 6 nitrogen and oxygen atoms in total. The van der Waals surface area contributed by atoms with Gasteiger partial charge in [-0.25, -0.2) is 0 Å². The number of rotatable bonds is 4. The highest BCUT2D eigenvalue weighted by Crippen LogP contribution is 2.23. The van der Waals surface area contributed by atoms with E-state index in [1.54, 1.807) is 4.90 Å². The molecule has 20 heavy (non-hydrogen) atoms. The van der Waals surface area contributed by atoms with Gasteiger partial charge in [-0.2, -0.15) is 0 Å². The largest absolute Gasteiger partial charge is 0.481 e. The van der Waals surface area contributed by atoms with Crippen LogP contribution in [0.25, 0.3) is 0 Å². The molecule has 0 aromatic heterocycles. The quantitative estimate of drug-likeness (QED) is 0.777. The standard InChI is InChI=1S/C14H24N2O4/c1-3-16(12-8-20-7-10(12)14(18)19)13(17)11-6-9(2)4-5-15-11/h9-12,15H,3-8H2,1-2H3,(H,18,19). The third-order valence-electron chi connectivity index (χ3n) is 4.36. The second-order valence-corrected chi connectivity index (χ2v) is 5.81. The molecule has 2 saturated heterocycles. The summed E-state index contributed by atoms with van der Waals surface area (Å²) in [6.45, 7) is 5.91. The number of hydrogen-bond acceptors (Lipinski definition) is 4. The molecular weight excluding hydrogens is 260 g/mol. The fourth-order valence-corrected chi connectivity index (χ4v) is 3.14. The summed E-state index contributed by atoms with van der Waals surface area (Å²) in [5, 5.41) is 12.5. The summed E-state index contributed by atoms with van der Waals surface area (Å²) in [7, 11) is 0. The maximum absolute atomic E-state index is 12.6. The summed E-state index contributed by atoms with van der Waals surface area (Å²) in [6, 6.07) is -0.530. The third kappa shape index (κ3) is 3.12. The molecule has 0 bridgehead atoms. The number of carboxylic acids is 1. The zero-order valence-corrected chi connectivity index (χ0v) is 12.2. The lowest BCUT2D eigenvalue weighted by Crippen LogP contribution is -2.55. The number of carboxylic acid groups (broad SMARTS) is 1. The molecule has 0 spiro atoms. The molecule has 2 fully saturated rings. The number of amides is 1. The van der Waals surface area contributed by atoms with Crippen molar-refractivity contribution in [3.63, 3.8) is 0 Å². The molecule has 2 N–H and O–H groups in total. The highest BCUT2D eigenvalue weighted by atomic mass is 16.5. The average molecular weight is 284 g/mol. The molecule has 1 amide bonds. The molecule has 4 atom stereocenters. The van der Waals surface area contributed by atoms with Gasteiger partial charge in [-0.15, -0.1) is 0 Å². The minimum atomic E-state index is -0.885. The second-order valence-electron chi connectivity index (χ2n) is 5.81. The van der Waals surface area contributed by atoms with E-state index in [-0.39, 0.29) is 24.6 Å². The van der Waals surface area contributed by atoms with Crippen molar-refractivity contribution in [3.05, 3.63) is 0 Å². The van der Waals surface area contributed by atoms with E-state index in [0.717, 1.165) is 19.4 Å². The topological polar surface area (TPSA) is 78.9 Å². The Balaban J connectivity index is 2.06. The van der Waals surface area contributed by atoms with Gasteiger partial charge in [0.1, 0.15) is 5.92 Å². The number of likely N-dealkylation sites (N-methyl/N-ethyl adjacent to an activating group) is 1. The third-order valence-corrected chi connectivity index (χ3v) is 4.36. The number of nitrogens with zero attached hydrogens (tertiary/aromatic N) is 1. The smallest absolute Gasteiger partial charge is 0.311 e. The molecule has 0 radical (unpaired) electrons. The van der Waals surface area contributed by atoms with Crippen LogP contribution >= 0.6 is 0 Å². The maximum Gasteiger partial charge on any atom is 0.311 e. The van der Waals surface area contributed by atoms with Crippen LogP contribution in [-0.2, 0) is 14.3 Å². The van der Waals surface area contributed by atoms with Crippen molar-refractivity contribution in [1.82, 2.24) is 10.2 Å². The molecule has 0 aromatic carbocycles. The van der Waals surface area contributed by atoms with Gasteiger partial charge in [0.15, 0.2) is 0 Å². The number of ether oxygens (including phenoxy) is 1. The Bertz CT molecular complexity index is 374. The van der Waals surface area contributed by atoms with E-state index in [0.29, 0.717) is 19.1 Å². The first-order chi connectivity index (χ1) is 9.54. The first-order valence-electron chi connectivity index (χ1n) is 7.39. The number of carbonyl (C=O) groups excluding carboxylic acids is 1. The Morgan fingerprint density at radius 2 is 2.15 bits per heavy atom. The van der Waals surface area contributed by atoms with E-state index in [2.05, 4.69) is 12.2 Å². The van der Waals surface area contributed by atoms with Gasteiger partial charge in [0.25, 0.3) is 0 Å². The highest BCUT2D eigenvalue weighted by Gasteiger charge is 2.41. The number of nitrogens with one attached hydrogen (secondary N) is 1. The van der Waals surface area contributed by atoms with Crippen LogP contribution in [0.5, 0.6) is 0 Å². The van der Waals surface area contributed by atoms with E-state index in [4.69, 9.17) is 4.74 Å². The number of aliphatic carboxylic acids is 1. The summed E-state index contributed by atoms with van der Waals surface area (Å²) < 4.78 is 5.28. The Morgan fingerprint density at radius 3 is 2.75 bits per heavy atom. The predicted octanol–water partition coefficient (Wildman–Crippen LogP) is 0.323. The van der Waals surface area contributed by atoms with Gasteiger partial charge in [0.05, 0.1) is 25.3 Å². The molecule has 2 aliphatic heterocycles. The monoisotopic (exact) mass is 284 g/mol. The van der Waals surface area contributed by atoms with Gasteiger partial charge in [-0.3, -0.25) is 9.59 Å². The summed E-state index contributed by atoms with van der Waals surface area (Å²) in [6.07, 6.45) is 1.90. The Morgan fingerprint density at radius 1 is 1.40 bits per heavy atom. The fraction of sp³-hybridized carbons (Fsp3) is 0.857. The van der Waals surface area contributed by atoms with Crippen LogP contribution < -0.4 is 5.32 Å². The summed E-state index contributed by atoms with van der Waals surface area (Å²) in [5.41, 5.74) is 0. The second kappa shape index (κ2) is 6.54. The van der Waals surface area contributed by atoms with Gasteiger partial charge in [-0.05, 0) is 32.2 Å². The lowest BCUT2D eigenvalue weighted by atomic mass is 9.92. The van der Waals surface area contributed by atoms with Gasteiger partial charge < -0.3 is 20.1 Å². The van der Waals surface area contributed by atoms with Crippen molar-refractivity contribution in [2.45, 2.75) is 38.8 Å². The number of carbonyl (C=O) groups is 2. The zero-order valence-electron chi connectivity index (χ0n) is 12.2. The fourth-order valence-electron chi connectivity index (χ4n) is 3.14. The lowest BCUT2D eigenvalue weighted by molar-refractivity contribution is -0.145. The van der Waals surface area contributed by atoms with Crippen LogP contribution in [-0.4, -0.2) is 60.3 Å². The predicted molar refractivity (Wildman–Crippen MR) is 73.3 cm³/mol. The van der Waals surface area contributed by atoms with Crippen LogP contribution in [0.1, 0.15) is 26.7 Å². The summed E-state index contributed by atoms with van der Waals surface area (Å²) >= 11 is 0. The van der Waals surface area contributed by atoms with Crippen LogP contribution in [0.4, 0.5) is 0 Å². The minimum Gasteiger partial charge on any atom is -0.481 e. The molecular formula is C14H24N2O4. The Kier molecular flexibility index (Phi) is 4.99. The van der Waals surface area contributed by atoms with Gasteiger partial charge in [-0.1, -0.05) is 6.92 Å². The summed E-state index contributed by atoms with van der Waals surface area (Å²) in [4.78, 5) is 25.6. The molecule has 2 heterocycles. The average Bonchev–Trinajstić information content (AvgIpc) is 2.89. The Hall–Kier alpha value is -1.14. The van der Waals surface area contributed by atoms with E-state index >= 15 is 0 Å². The minimum absolute atomic E-state index is 0.0146. The van der Waals surface area contributed by atoms with Crippen molar-refractivity contribution in [3.8, 4) is 0 Å². The number of hydrogen-bond donors (Lipinski definition) is 2. The first-order valence-corrected chi connectivity index (χ1v) is 7.39. The van der Waals surface area contributed by atoms with Crippen molar-refractivity contribution < 1.29 is 19.4 Å². The van der Waals surface area contributed by atoms with Crippen LogP contribution in [0.15, 0.2) is 0 Å². The van der Waals surface area contributed by atoms with E-state index in [9.17, 15) is 14.7 Å². The van der Waals surface area contributed by atoms with Gasteiger partial charge in [0.2, 0.25) is 5.91 Å². The summed E-state index contributed by atoms with van der Waals surface area (Å²) in [5.74, 6) is -0.955. The van der Waals surface area contributed by atoms with E-state index in [1.165, 1.54) is 0 Å². The SMILES string of the molecule is CCN(C(=O)C1CC(C)CCN1)C1COCC1C(=O)O. The lowest BCUT2D eigenvalue weighted by Gasteiger charge is -2.35. The molecule has 0 aromatic rings. The van der Waals surface area contributed by atoms with Crippen LogP contribution in [0, 0.1) is 11.8 Å². The van der Waals surface area contributed by atoms with Crippen molar-refractivity contribution >= 4 is 11.9 Å².